The number of hydrogen-bond donors (Lipinski definition) is 4. The monoisotopic (exact) mass is 583 g/mol. The van der Waals surface area contributed by atoms with E-state index >= 15 is 0 Å². The molecule has 0 saturated carbocycles. The van der Waals surface area contributed by atoms with Crippen LogP contribution in [0.2, 0.25) is 0 Å². The normalized spacial score (nSPS) is 16.6. The largest absolute Gasteiger partial charge is 0.458 e. The fourth-order valence-electron chi connectivity index (χ4n) is 5.44. The van der Waals surface area contributed by atoms with Crippen LogP contribution < -0.4 is 16.4 Å². The zero-order chi connectivity index (χ0) is 31.0. The first kappa shape index (κ1) is 33.1. The third-order valence-corrected chi connectivity index (χ3v) is 7.82. The van der Waals surface area contributed by atoms with Gasteiger partial charge in [0.1, 0.15) is 17.7 Å². The van der Waals surface area contributed by atoms with Gasteiger partial charge in [-0.05, 0) is 71.0 Å². The van der Waals surface area contributed by atoms with Crippen LogP contribution in [0.15, 0.2) is 30.5 Å². The topological polar surface area (TPSA) is 147 Å². The number of likely N-dealkylation sites (tertiary alicyclic amines) is 1. The van der Waals surface area contributed by atoms with Crippen LogP contribution in [0.3, 0.4) is 0 Å². The molecule has 0 aliphatic carbocycles. The molecule has 3 rings (SSSR count). The Kier molecular flexibility index (Phi) is 11.6. The quantitative estimate of drug-likeness (QED) is 0.222. The summed E-state index contributed by atoms with van der Waals surface area (Å²) in [5, 5.41) is 6.89. The van der Waals surface area contributed by atoms with Gasteiger partial charge in [0, 0.05) is 47.9 Å². The molecule has 2 heterocycles. The van der Waals surface area contributed by atoms with Gasteiger partial charge in [-0.3, -0.25) is 14.4 Å². The molecule has 3 atom stereocenters. The number of nitrogens with zero attached hydrogens (tertiary/aromatic N) is 1. The standard InChI is InChI=1S/C32H49N5O5/c1-20(2)30(40)37-17-14-22(15-18-37)28(38)36-27(21(3)24-19-34-25-12-8-7-11-23(24)25)29(39)35-26(13-9-10-16-33)31(41)42-32(4,5)6/h7-8,11-12,19-22,26-27,34H,9-10,13-18,33H2,1-6H3,(H,35,39)(H,36,38)/t21-,26?,27+/m0/s1. The minimum absolute atomic E-state index is 0.0851. The van der Waals surface area contributed by atoms with Gasteiger partial charge in [-0.1, -0.05) is 39.0 Å². The van der Waals surface area contributed by atoms with E-state index in [2.05, 4.69) is 15.6 Å². The number of esters is 1. The number of carbonyl (C=O) groups excluding carboxylic acids is 4. The molecule has 3 amide bonds. The number of nitrogens with one attached hydrogen (secondary N) is 3. The summed E-state index contributed by atoms with van der Waals surface area (Å²) >= 11 is 0. The van der Waals surface area contributed by atoms with Crippen molar-refractivity contribution in [2.75, 3.05) is 19.6 Å². The minimum Gasteiger partial charge on any atom is -0.458 e. The molecule has 1 aliphatic rings. The highest BCUT2D eigenvalue weighted by Crippen LogP contribution is 2.29. The van der Waals surface area contributed by atoms with Crippen molar-refractivity contribution in [1.82, 2.24) is 20.5 Å². The van der Waals surface area contributed by atoms with Crippen LogP contribution in [0.25, 0.3) is 10.9 Å². The molecule has 232 valence electrons. The number of ether oxygens (including phenoxy) is 1. The summed E-state index contributed by atoms with van der Waals surface area (Å²) in [6.45, 7) is 12.5. The number of hydrogen-bond acceptors (Lipinski definition) is 6. The van der Waals surface area contributed by atoms with Gasteiger partial charge >= 0.3 is 5.97 Å². The van der Waals surface area contributed by atoms with Crippen molar-refractivity contribution in [1.29, 1.82) is 0 Å². The van der Waals surface area contributed by atoms with Crippen LogP contribution >= 0.6 is 0 Å². The van der Waals surface area contributed by atoms with Crippen molar-refractivity contribution in [3.63, 3.8) is 0 Å². The van der Waals surface area contributed by atoms with Crippen LogP contribution in [-0.2, 0) is 23.9 Å². The lowest BCUT2D eigenvalue weighted by Gasteiger charge is -2.34. The molecule has 10 heteroatoms. The molecule has 5 N–H and O–H groups in total. The van der Waals surface area contributed by atoms with Crippen molar-refractivity contribution in [3.8, 4) is 0 Å². The SMILES string of the molecule is CC(C)C(=O)N1CCC(C(=O)N[C@@H](C(=O)NC(CCCCN)C(=O)OC(C)(C)C)[C@@H](C)c2c[nH]c3ccccc23)CC1. The number of nitrogens with two attached hydrogens (primary N) is 1. The Morgan fingerprint density at radius 1 is 1.05 bits per heavy atom. The first-order valence-electron chi connectivity index (χ1n) is 15.2. The van der Waals surface area contributed by atoms with Gasteiger partial charge in [0.15, 0.2) is 0 Å². The van der Waals surface area contributed by atoms with Gasteiger partial charge in [-0.15, -0.1) is 0 Å². The number of para-hydroxylation sites is 1. The Morgan fingerprint density at radius 3 is 2.33 bits per heavy atom. The van der Waals surface area contributed by atoms with E-state index in [1.165, 1.54) is 0 Å². The molecule has 0 radical (unpaired) electrons. The number of aromatic nitrogens is 1. The maximum Gasteiger partial charge on any atom is 0.329 e. The smallest absolute Gasteiger partial charge is 0.329 e. The van der Waals surface area contributed by atoms with Crippen LogP contribution in [0.1, 0.15) is 85.1 Å². The second-order valence-corrected chi connectivity index (χ2v) is 12.7. The summed E-state index contributed by atoms with van der Waals surface area (Å²) in [7, 11) is 0. The Hall–Kier alpha value is -3.40. The number of aromatic amines is 1. The maximum atomic E-state index is 13.9. The molecule has 1 saturated heterocycles. The average Bonchev–Trinajstić information content (AvgIpc) is 3.38. The van der Waals surface area contributed by atoms with Crippen molar-refractivity contribution in [2.24, 2.45) is 17.6 Å². The molecule has 2 aromatic rings. The molecule has 1 aromatic carbocycles. The molecule has 1 fully saturated rings. The number of fused-ring (bicyclic) bond motifs is 1. The number of benzene rings is 1. The molecule has 1 unspecified atom stereocenters. The number of amides is 3. The van der Waals surface area contributed by atoms with E-state index in [1.807, 2.05) is 51.2 Å². The Morgan fingerprint density at radius 2 is 1.71 bits per heavy atom. The van der Waals surface area contributed by atoms with E-state index in [9.17, 15) is 19.2 Å². The number of H-pyrrole nitrogens is 1. The zero-order valence-electron chi connectivity index (χ0n) is 26.0. The third kappa shape index (κ3) is 8.80. The minimum atomic E-state index is -0.938. The van der Waals surface area contributed by atoms with Crippen LogP contribution in [0.4, 0.5) is 0 Å². The Bertz CT molecular complexity index is 1230. The zero-order valence-corrected chi connectivity index (χ0v) is 26.0. The highest BCUT2D eigenvalue weighted by Gasteiger charge is 2.36. The summed E-state index contributed by atoms with van der Waals surface area (Å²) in [5.41, 5.74) is 6.77. The summed E-state index contributed by atoms with van der Waals surface area (Å²) < 4.78 is 5.61. The maximum absolute atomic E-state index is 13.9. The van der Waals surface area contributed by atoms with Gasteiger partial charge in [-0.25, -0.2) is 4.79 Å². The van der Waals surface area contributed by atoms with Crippen LogP contribution in [0, 0.1) is 11.8 Å². The van der Waals surface area contributed by atoms with Gasteiger partial charge in [0.05, 0.1) is 0 Å². The molecular formula is C32H49N5O5. The lowest BCUT2D eigenvalue weighted by atomic mass is 9.90. The number of rotatable bonds is 12. The molecule has 0 spiro atoms. The predicted octanol–water partition coefficient (Wildman–Crippen LogP) is 3.61. The van der Waals surface area contributed by atoms with E-state index in [4.69, 9.17) is 10.5 Å². The van der Waals surface area contributed by atoms with Crippen molar-refractivity contribution in [2.45, 2.75) is 97.2 Å². The van der Waals surface area contributed by atoms with E-state index < -0.39 is 35.5 Å². The second-order valence-electron chi connectivity index (χ2n) is 12.7. The first-order chi connectivity index (χ1) is 19.8. The van der Waals surface area contributed by atoms with E-state index in [-0.39, 0.29) is 23.7 Å². The average molecular weight is 584 g/mol. The summed E-state index contributed by atoms with van der Waals surface area (Å²) in [6, 6.07) is 5.99. The third-order valence-electron chi connectivity index (χ3n) is 7.82. The molecule has 0 bridgehead atoms. The molecule has 1 aromatic heterocycles. The van der Waals surface area contributed by atoms with Crippen LogP contribution in [0.5, 0.6) is 0 Å². The van der Waals surface area contributed by atoms with Crippen molar-refractivity contribution >= 4 is 34.6 Å². The van der Waals surface area contributed by atoms with E-state index in [1.54, 1.807) is 25.7 Å². The fourth-order valence-corrected chi connectivity index (χ4v) is 5.44. The lowest BCUT2D eigenvalue weighted by molar-refractivity contribution is -0.159. The van der Waals surface area contributed by atoms with Crippen LogP contribution in [-0.4, -0.2) is 70.9 Å². The lowest BCUT2D eigenvalue weighted by Crippen LogP contribution is -2.55. The Labute approximate surface area is 249 Å². The predicted molar refractivity (Wildman–Crippen MR) is 163 cm³/mol. The van der Waals surface area contributed by atoms with Gasteiger partial charge in [0.25, 0.3) is 0 Å². The highest BCUT2D eigenvalue weighted by molar-refractivity contribution is 5.93. The van der Waals surface area contributed by atoms with Crippen molar-refractivity contribution < 1.29 is 23.9 Å². The summed E-state index contributed by atoms with van der Waals surface area (Å²) in [4.78, 5) is 58.1. The Balaban J connectivity index is 1.83. The molecule has 10 nitrogen and oxygen atoms in total. The second kappa shape index (κ2) is 14.7. The molecular weight excluding hydrogens is 534 g/mol. The first-order valence-corrected chi connectivity index (χ1v) is 15.2. The number of piperidine rings is 1. The van der Waals surface area contributed by atoms with E-state index in [0.29, 0.717) is 51.7 Å². The molecule has 1 aliphatic heterocycles. The van der Waals surface area contributed by atoms with Gasteiger partial charge in [-0.2, -0.15) is 0 Å². The van der Waals surface area contributed by atoms with E-state index in [0.717, 1.165) is 16.5 Å². The van der Waals surface area contributed by atoms with Gasteiger partial charge < -0.3 is 31.0 Å². The highest BCUT2D eigenvalue weighted by atomic mass is 16.6. The molecule has 42 heavy (non-hydrogen) atoms. The fraction of sp³-hybridized carbons (Fsp3) is 0.625. The summed E-state index contributed by atoms with van der Waals surface area (Å²) in [5.74, 6) is -1.92. The van der Waals surface area contributed by atoms with Gasteiger partial charge in [0.2, 0.25) is 17.7 Å². The number of carbonyl (C=O) groups is 4. The summed E-state index contributed by atoms with van der Waals surface area (Å²) in [6.07, 6.45) is 4.65. The van der Waals surface area contributed by atoms with Crippen molar-refractivity contribution in [3.05, 3.63) is 36.0 Å². The number of unbranched alkanes of at least 4 members (excludes halogenated alkanes) is 1.